The molecule has 1 saturated heterocycles. The van der Waals surface area contributed by atoms with Gasteiger partial charge in [0.15, 0.2) is 6.04 Å². The molecule has 1 unspecified atom stereocenters. The number of nitrogens with zero attached hydrogens (tertiary/aromatic N) is 1. The van der Waals surface area contributed by atoms with E-state index < -0.39 is 12.0 Å². The standard InChI is InChI=1S/C8H9NO3S/c1-4-3-13-6-2-5(10)9(6)7(4)8(11)12/h3,6-7H,2H2,1H3,(H,11,12)/t6-,7?/m0/s1. The number of carboxylic acid groups (broad SMARTS) is 1. The number of amides is 1. The quantitative estimate of drug-likeness (QED) is 0.630. The molecule has 70 valence electrons. The summed E-state index contributed by atoms with van der Waals surface area (Å²) in [5.74, 6) is -0.996. The summed E-state index contributed by atoms with van der Waals surface area (Å²) in [5.41, 5.74) is 0.738. The maximum atomic E-state index is 11.1. The monoisotopic (exact) mass is 199 g/mol. The van der Waals surface area contributed by atoms with Crippen LogP contribution in [0.1, 0.15) is 13.3 Å². The summed E-state index contributed by atoms with van der Waals surface area (Å²) < 4.78 is 0. The van der Waals surface area contributed by atoms with Gasteiger partial charge in [0.25, 0.3) is 0 Å². The number of hydrogen-bond acceptors (Lipinski definition) is 3. The van der Waals surface area contributed by atoms with Gasteiger partial charge in [0.2, 0.25) is 5.91 Å². The van der Waals surface area contributed by atoms with Crippen molar-refractivity contribution in [2.75, 3.05) is 0 Å². The maximum absolute atomic E-state index is 11.1. The molecule has 0 bridgehead atoms. The molecular formula is C8H9NO3S. The van der Waals surface area contributed by atoms with Gasteiger partial charge in [-0.3, -0.25) is 4.79 Å². The second-order valence-corrected chi connectivity index (χ2v) is 4.25. The van der Waals surface area contributed by atoms with Crippen LogP contribution < -0.4 is 0 Å². The summed E-state index contributed by atoms with van der Waals surface area (Å²) in [6.07, 6.45) is 0.470. The zero-order valence-corrected chi connectivity index (χ0v) is 7.87. The molecule has 1 amide bonds. The lowest BCUT2D eigenvalue weighted by Crippen LogP contribution is -2.60. The number of fused-ring (bicyclic) bond motifs is 1. The van der Waals surface area contributed by atoms with Crippen LogP contribution in [-0.2, 0) is 9.59 Å². The van der Waals surface area contributed by atoms with Gasteiger partial charge in [-0.05, 0) is 17.9 Å². The average molecular weight is 199 g/mol. The molecule has 13 heavy (non-hydrogen) atoms. The van der Waals surface area contributed by atoms with Crippen molar-refractivity contribution in [3.8, 4) is 0 Å². The molecular weight excluding hydrogens is 190 g/mol. The van der Waals surface area contributed by atoms with Crippen LogP contribution in [0.25, 0.3) is 0 Å². The highest BCUT2D eigenvalue weighted by molar-refractivity contribution is 8.02. The van der Waals surface area contributed by atoms with Crippen molar-refractivity contribution in [2.45, 2.75) is 24.8 Å². The lowest BCUT2D eigenvalue weighted by molar-refractivity contribution is -0.156. The molecule has 2 aliphatic heterocycles. The van der Waals surface area contributed by atoms with Crippen molar-refractivity contribution in [1.82, 2.24) is 4.90 Å². The molecule has 0 aromatic carbocycles. The second-order valence-electron chi connectivity index (χ2n) is 3.20. The fourth-order valence-electron chi connectivity index (χ4n) is 1.61. The SMILES string of the molecule is CC1=CS[C@H]2CC(=O)N2C1C(=O)O. The first kappa shape index (κ1) is 8.62. The van der Waals surface area contributed by atoms with Gasteiger partial charge >= 0.3 is 5.97 Å². The highest BCUT2D eigenvalue weighted by Crippen LogP contribution is 2.39. The summed E-state index contributed by atoms with van der Waals surface area (Å²) >= 11 is 1.53. The topological polar surface area (TPSA) is 57.6 Å². The van der Waals surface area contributed by atoms with Crippen LogP contribution in [0.2, 0.25) is 0 Å². The van der Waals surface area contributed by atoms with Gasteiger partial charge in [0.05, 0.1) is 11.8 Å². The van der Waals surface area contributed by atoms with Gasteiger partial charge in [0, 0.05) is 0 Å². The zero-order chi connectivity index (χ0) is 9.59. The van der Waals surface area contributed by atoms with Crippen LogP contribution in [0.5, 0.6) is 0 Å². The van der Waals surface area contributed by atoms with E-state index in [1.165, 1.54) is 16.7 Å². The van der Waals surface area contributed by atoms with E-state index in [-0.39, 0.29) is 11.3 Å². The van der Waals surface area contributed by atoms with Gasteiger partial charge in [0.1, 0.15) is 0 Å². The smallest absolute Gasteiger partial charge is 0.330 e. The Hall–Kier alpha value is -0.970. The molecule has 0 saturated carbocycles. The first-order chi connectivity index (χ1) is 6.11. The molecule has 5 heteroatoms. The molecule has 0 aromatic rings. The van der Waals surface area contributed by atoms with Gasteiger partial charge in [-0.15, -0.1) is 11.8 Å². The predicted octanol–water partition coefficient (Wildman–Crippen LogP) is 0.649. The zero-order valence-electron chi connectivity index (χ0n) is 7.06. The Morgan fingerprint density at radius 3 is 2.92 bits per heavy atom. The van der Waals surface area contributed by atoms with E-state index in [2.05, 4.69) is 0 Å². The Morgan fingerprint density at radius 2 is 2.46 bits per heavy atom. The van der Waals surface area contributed by atoms with Crippen molar-refractivity contribution in [3.05, 3.63) is 11.0 Å². The fraction of sp³-hybridized carbons (Fsp3) is 0.500. The van der Waals surface area contributed by atoms with Crippen LogP contribution in [0, 0.1) is 0 Å². The number of rotatable bonds is 1. The molecule has 1 N–H and O–H groups in total. The molecule has 0 aromatic heterocycles. The van der Waals surface area contributed by atoms with E-state index in [4.69, 9.17) is 5.11 Å². The summed E-state index contributed by atoms with van der Waals surface area (Å²) in [4.78, 5) is 23.5. The molecule has 2 atom stereocenters. The molecule has 4 nitrogen and oxygen atoms in total. The molecule has 0 aliphatic carbocycles. The molecule has 0 radical (unpaired) electrons. The maximum Gasteiger partial charge on any atom is 0.330 e. The lowest BCUT2D eigenvalue weighted by atomic mass is 10.0. The van der Waals surface area contributed by atoms with E-state index in [1.54, 1.807) is 6.92 Å². The number of thioether (sulfide) groups is 1. The van der Waals surface area contributed by atoms with E-state index in [1.807, 2.05) is 5.41 Å². The number of carbonyl (C=O) groups excluding carboxylic acids is 1. The molecule has 1 fully saturated rings. The van der Waals surface area contributed by atoms with Crippen LogP contribution in [0.4, 0.5) is 0 Å². The summed E-state index contributed by atoms with van der Waals surface area (Å²) in [6, 6.07) is -0.729. The van der Waals surface area contributed by atoms with Gasteiger partial charge < -0.3 is 10.0 Å². The molecule has 0 spiro atoms. The third-order valence-electron chi connectivity index (χ3n) is 2.30. The number of carboxylic acids is 1. The number of β-lactam (4-membered cyclic amide) rings is 1. The highest BCUT2D eigenvalue weighted by Gasteiger charge is 2.46. The Balaban J connectivity index is 2.30. The second kappa shape index (κ2) is 2.77. The third-order valence-corrected chi connectivity index (χ3v) is 3.52. The van der Waals surface area contributed by atoms with E-state index in [0.717, 1.165) is 5.57 Å². The minimum Gasteiger partial charge on any atom is -0.479 e. The highest BCUT2D eigenvalue weighted by atomic mass is 32.2. The average Bonchev–Trinajstić information content (AvgIpc) is 2.05. The Labute approximate surface area is 79.6 Å². The summed E-state index contributed by atoms with van der Waals surface area (Å²) in [6.45, 7) is 1.74. The van der Waals surface area contributed by atoms with E-state index in [9.17, 15) is 9.59 Å². The molecule has 2 heterocycles. The van der Waals surface area contributed by atoms with Crippen LogP contribution in [0.15, 0.2) is 11.0 Å². The van der Waals surface area contributed by atoms with Gasteiger partial charge in [-0.25, -0.2) is 4.79 Å². The largest absolute Gasteiger partial charge is 0.479 e. The number of hydrogen-bond donors (Lipinski definition) is 1. The minimum atomic E-state index is -0.938. The van der Waals surface area contributed by atoms with Crippen LogP contribution in [0.3, 0.4) is 0 Å². The van der Waals surface area contributed by atoms with Crippen molar-refractivity contribution >= 4 is 23.6 Å². The lowest BCUT2D eigenvalue weighted by Gasteiger charge is -2.45. The first-order valence-electron chi connectivity index (χ1n) is 3.97. The molecule has 2 aliphatic rings. The van der Waals surface area contributed by atoms with Crippen molar-refractivity contribution < 1.29 is 14.7 Å². The van der Waals surface area contributed by atoms with Crippen molar-refractivity contribution in [3.63, 3.8) is 0 Å². The Bertz CT molecular complexity index is 313. The summed E-state index contributed by atoms with van der Waals surface area (Å²) in [7, 11) is 0. The summed E-state index contributed by atoms with van der Waals surface area (Å²) in [5, 5.41) is 10.8. The normalized spacial score (nSPS) is 31.9. The van der Waals surface area contributed by atoms with Gasteiger partial charge in [-0.2, -0.15) is 0 Å². The Kier molecular flexibility index (Phi) is 1.83. The van der Waals surface area contributed by atoms with E-state index >= 15 is 0 Å². The predicted molar refractivity (Wildman–Crippen MR) is 48.0 cm³/mol. The first-order valence-corrected chi connectivity index (χ1v) is 4.91. The number of aliphatic carboxylic acids is 1. The molecule has 2 rings (SSSR count). The minimum absolute atomic E-state index is 0.0531. The number of carbonyl (C=O) groups is 2. The van der Waals surface area contributed by atoms with E-state index in [0.29, 0.717) is 6.42 Å². The Morgan fingerprint density at radius 1 is 1.77 bits per heavy atom. The fourth-order valence-corrected chi connectivity index (χ4v) is 2.72. The van der Waals surface area contributed by atoms with Crippen LogP contribution in [-0.4, -0.2) is 33.3 Å². The van der Waals surface area contributed by atoms with Gasteiger partial charge in [-0.1, -0.05) is 0 Å². The van der Waals surface area contributed by atoms with Crippen molar-refractivity contribution in [2.24, 2.45) is 0 Å². The van der Waals surface area contributed by atoms with Crippen LogP contribution >= 0.6 is 11.8 Å². The van der Waals surface area contributed by atoms with Crippen molar-refractivity contribution in [1.29, 1.82) is 0 Å². The third kappa shape index (κ3) is 1.14.